The first kappa shape index (κ1) is 19.2. The van der Waals surface area contributed by atoms with Gasteiger partial charge < -0.3 is 4.90 Å². The highest BCUT2D eigenvalue weighted by atomic mass is 32.1. The number of hydrogen-bond acceptors (Lipinski definition) is 5. The number of benzene rings is 1. The van der Waals surface area contributed by atoms with Crippen molar-refractivity contribution < 1.29 is 4.79 Å². The van der Waals surface area contributed by atoms with Crippen LogP contribution in [0.15, 0.2) is 24.3 Å². The Morgan fingerprint density at radius 3 is 2.59 bits per heavy atom. The van der Waals surface area contributed by atoms with E-state index in [1.807, 2.05) is 6.92 Å². The van der Waals surface area contributed by atoms with Crippen LogP contribution in [-0.4, -0.2) is 51.0 Å². The van der Waals surface area contributed by atoms with Gasteiger partial charge in [-0.3, -0.25) is 9.69 Å². The number of hydrogen-bond donors (Lipinski definition) is 0. The fourth-order valence-electron chi connectivity index (χ4n) is 5.69. The molecule has 154 valence electrons. The smallest absolute Gasteiger partial charge is 0.267 e. The predicted octanol–water partition coefficient (Wildman–Crippen LogP) is 4.24. The molecule has 1 aromatic heterocycles. The molecule has 3 fully saturated rings. The Hall–Kier alpha value is -1.79. The molecule has 2 saturated heterocycles. The molecule has 5 rings (SSSR count). The van der Waals surface area contributed by atoms with Gasteiger partial charge in [0.05, 0.1) is 5.69 Å². The van der Waals surface area contributed by atoms with Crippen molar-refractivity contribution in [3.63, 3.8) is 0 Å². The van der Waals surface area contributed by atoms with Crippen molar-refractivity contribution in [1.29, 1.82) is 0 Å². The van der Waals surface area contributed by atoms with Crippen molar-refractivity contribution in [3.8, 4) is 0 Å². The predicted molar refractivity (Wildman–Crippen MR) is 115 cm³/mol. The Balaban J connectivity index is 1.35. The monoisotopic (exact) mass is 410 g/mol. The van der Waals surface area contributed by atoms with Crippen molar-refractivity contribution in [2.75, 3.05) is 19.6 Å². The topological polar surface area (TPSA) is 49.3 Å². The molecule has 0 N–H and O–H groups in total. The summed E-state index contributed by atoms with van der Waals surface area (Å²) in [4.78, 5) is 18.7. The summed E-state index contributed by atoms with van der Waals surface area (Å²) < 4.78 is 3.99. The second-order valence-corrected chi connectivity index (χ2v) is 9.75. The zero-order valence-electron chi connectivity index (χ0n) is 17.2. The third-order valence-electron chi connectivity index (χ3n) is 7.21. The number of nitrogens with zero attached hydrogens (tertiary/aromatic N) is 4. The lowest BCUT2D eigenvalue weighted by Crippen LogP contribution is -2.39. The summed E-state index contributed by atoms with van der Waals surface area (Å²) in [6.45, 7) is 6.26. The number of fused-ring (bicyclic) bond motifs is 1. The molecule has 1 saturated carbocycles. The maximum Gasteiger partial charge on any atom is 0.267 e. The summed E-state index contributed by atoms with van der Waals surface area (Å²) >= 11 is 1.24. The normalized spacial score (nSPS) is 27.3. The Labute approximate surface area is 177 Å². The highest BCUT2D eigenvalue weighted by Crippen LogP contribution is 2.45. The van der Waals surface area contributed by atoms with E-state index in [2.05, 4.69) is 43.7 Å². The van der Waals surface area contributed by atoms with Crippen molar-refractivity contribution in [2.45, 2.75) is 64.0 Å². The van der Waals surface area contributed by atoms with E-state index in [0.717, 1.165) is 30.1 Å². The second-order valence-electron chi connectivity index (χ2n) is 8.99. The van der Waals surface area contributed by atoms with E-state index in [4.69, 9.17) is 0 Å². The lowest BCUT2D eigenvalue weighted by molar-refractivity contribution is 0.0694. The SMILES string of the molecule is Cc1nnsc1C(=O)N1C[C@H](c2ccc(CN3CCCC3)cc2)[C@H]2CCCC[C@H]21. The Morgan fingerprint density at radius 1 is 1.10 bits per heavy atom. The van der Waals surface area contributed by atoms with Crippen LogP contribution in [0.1, 0.15) is 70.9 Å². The quantitative estimate of drug-likeness (QED) is 0.756. The van der Waals surface area contributed by atoms with Gasteiger partial charge in [0.15, 0.2) is 0 Å². The van der Waals surface area contributed by atoms with E-state index < -0.39 is 0 Å². The number of rotatable bonds is 4. The van der Waals surface area contributed by atoms with Crippen LogP contribution in [0.25, 0.3) is 0 Å². The molecule has 2 aromatic rings. The summed E-state index contributed by atoms with van der Waals surface area (Å²) in [5, 5.41) is 4.06. The molecule has 3 atom stereocenters. The van der Waals surface area contributed by atoms with Gasteiger partial charge in [-0.1, -0.05) is 41.6 Å². The minimum Gasteiger partial charge on any atom is -0.334 e. The number of carbonyl (C=O) groups excluding carboxylic acids is 1. The lowest BCUT2D eigenvalue weighted by Gasteiger charge is -2.32. The van der Waals surface area contributed by atoms with Crippen molar-refractivity contribution in [2.24, 2.45) is 5.92 Å². The number of amides is 1. The van der Waals surface area contributed by atoms with Crippen molar-refractivity contribution in [3.05, 3.63) is 46.0 Å². The average molecular weight is 411 g/mol. The van der Waals surface area contributed by atoms with Gasteiger partial charge in [-0.25, -0.2) is 0 Å². The van der Waals surface area contributed by atoms with Gasteiger partial charge in [0.25, 0.3) is 5.91 Å². The van der Waals surface area contributed by atoms with Gasteiger partial charge in [0, 0.05) is 25.0 Å². The molecule has 5 nitrogen and oxygen atoms in total. The van der Waals surface area contributed by atoms with Crippen molar-refractivity contribution in [1.82, 2.24) is 19.4 Å². The summed E-state index contributed by atoms with van der Waals surface area (Å²) in [6.07, 6.45) is 7.55. The third kappa shape index (κ3) is 3.73. The Morgan fingerprint density at radius 2 is 1.86 bits per heavy atom. The number of aryl methyl sites for hydroxylation is 1. The molecule has 3 heterocycles. The fourth-order valence-corrected chi connectivity index (χ4v) is 6.31. The standard InChI is InChI=1S/C23H30N4OS/c1-16-22(29-25-24-16)23(28)27-15-20(19-6-2-3-7-21(19)27)18-10-8-17(9-11-18)14-26-12-4-5-13-26/h8-11,19-21H,2-7,12-15H2,1H3/t19-,20-,21-/m1/s1. The highest BCUT2D eigenvalue weighted by Gasteiger charge is 2.45. The maximum atomic E-state index is 13.3. The van der Waals surface area contributed by atoms with Gasteiger partial charge in [-0.05, 0) is 74.3 Å². The molecule has 1 aliphatic carbocycles. The minimum absolute atomic E-state index is 0.141. The first-order chi connectivity index (χ1) is 14.2. The van der Waals surface area contributed by atoms with Crippen LogP contribution in [0.3, 0.4) is 0 Å². The number of likely N-dealkylation sites (tertiary alicyclic amines) is 2. The lowest BCUT2D eigenvalue weighted by atomic mass is 9.77. The molecule has 29 heavy (non-hydrogen) atoms. The van der Waals surface area contributed by atoms with Gasteiger partial charge in [0.2, 0.25) is 0 Å². The molecule has 0 unspecified atom stereocenters. The third-order valence-corrected chi connectivity index (χ3v) is 8.03. The molecular formula is C23H30N4OS. The molecule has 6 heteroatoms. The maximum absolute atomic E-state index is 13.3. The van der Waals surface area contributed by atoms with Crippen LogP contribution in [0, 0.1) is 12.8 Å². The molecular weight excluding hydrogens is 380 g/mol. The molecule has 3 aliphatic rings. The largest absolute Gasteiger partial charge is 0.334 e. The molecule has 0 radical (unpaired) electrons. The van der Waals surface area contributed by atoms with E-state index >= 15 is 0 Å². The fraction of sp³-hybridized carbons (Fsp3) is 0.609. The summed E-state index contributed by atoms with van der Waals surface area (Å²) in [7, 11) is 0. The van der Waals surface area contributed by atoms with E-state index in [0.29, 0.717) is 17.9 Å². The van der Waals surface area contributed by atoms with Gasteiger partial charge in [-0.15, -0.1) is 5.10 Å². The Kier molecular flexibility index (Phi) is 5.39. The molecule has 2 aliphatic heterocycles. The van der Waals surface area contributed by atoms with Crippen LogP contribution in [0.2, 0.25) is 0 Å². The van der Waals surface area contributed by atoms with E-state index in [1.165, 1.54) is 67.9 Å². The van der Waals surface area contributed by atoms with E-state index in [9.17, 15) is 4.79 Å². The number of aromatic nitrogens is 2. The highest BCUT2D eigenvalue weighted by molar-refractivity contribution is 7.07. The second kappa shape index (κ2) is 8.15. The van der Waals surface area contributed by atoms with Gasteiger partial charge in [0.1, 0.15) is 4.88 Å². The average Bonchev–Trinajstić information content (AvgIpc) is 3.48. The zero-order valence-corrected chi connectivity index (χ0v) is 18.0. The summed E-state index contributed by atoms with van der Waals surface area (Å²) in [6, 6.07) is 9.65. The Bertz CT molecular complexity index is 858. The molecule has 1 amide bonds. The van der Waals surface area contributed by atoms with Crippen LogP contribution in [0.4, 0.5) is 0 Å². The molecule has 0 bridgehead atoms. The molecule has 0 spiro atoms. The zero-order chi connectivity index (χ0) is 19.8. The minimum atomic E-state index is 0.141. The first-order valence-electron chi connectivity index (χ1n) is 11.1. The van der Waals surface area contributed by atoms with Crippen LogP contribution in [0.5, 0.6) is 0 Å². The molecule has 1 aromatic carbocycles. The summed E-state index contributed by atoms with van der Waals surface area (Å²) in [5.74, 6) is 1.17. The van der Waals surface area contributed by atoms with Crippen LogP contribution < -0.4 is 0 Å². The first-order valence-corrected chi connectivity index (χ1v) is 11.9. The number of carbonyl (C=O) groups is 1. The van der Waals surface area contributed by atoms with Gasteiger partial charge in [-0.2, -0.15) is 0 Å². The van der Waals surface area contributed by atoms with E-state index in [1.54, 1.807) is 0 Å². The van der Waals surface area contributed by atoms with Crippen LogP contribution >= 0.6 is 11.5 Å². The van der Waals surface area contributed by atoms with Crippen molar-refractivity contribution >= 4 is 17.4 Å². The van der Waals surface area contributed by atoms with Crippen LogP contribution in [-0.2, 0) is 6.54 Å². The van der Waals surface area contributed by atoms with Gasteiger partial charge >= 0.3 is 0 Å². The van der Waals surface area contributed by atoms with E-state index in [-0.39, 0.29) is 5.91 Å². The summed E-state index contributed by atoms with van der Waals surface area (Å²) in [5.41, 5.74) is 3.58.